The molecule has 2 heterocycles. The van der Waals surface area contributed by atoms with E-state index in [1.54, 1.807) is 24.4 Å². The Morgan fingerprint density at radius 2 is 2.10 bits per heavy atom. The zero-order chi connectivity index (χ0) is 21.5. The fourth-order valence-electron chi connectivity index (χ4n) is 3.65. The predicted octanol–water partition coefficient (Wildman–Crippen LogP) is 5.87. The van der Waals surface area contributed by atoms with Crippen molar-refractivity contribution in [2.45, 2.75) is 38.3 Å². The Balaban J connectivity index is 1.61. The number of rotatable bonds is 3. The maximum Gasteiger partial charge on any atom is 0.319 e. The molecule has 0 aliphatic carbocycles. The van der Waals surface area contributed by atoms with Gasteiger partial charge in [-0.1, -0.05) is 29.8 Å². The van der Waals surface area contributed by atoms with Crippen molar-refractivity contribution >= 4 is 34.1 Å². The maximum atomic E-state index is 13.7. The van der Waals surface area contributed by atoms with E-state index in [9.17, 15) is 13.6 Å². The highest BCUT2D eigenvalue weighted by molar-refractivity contribution is 6.30. The monoisotopic (exact) mass is 431 g/mol. The summed E-state index contributed by atoms with van der Waals surface area (Å²) < 4.78 is 32.9. The highest BCUT2D eigenvalue weighted by Gasteiger charge is 2.45. The number of pyridine rings is 1. The van der Waals surface area contributed by atoms with Gasteiger partial charge in [-0.25, -0.2) is 13.6 Å². The molecule has 1 aromatic heterocycles. The largest absolute Gasteiger partial charge is 0.481 e. The molecule has 0 saturated heterocycles. The lowest BCUT2D eigenvalue weighted by molar-refractivity contribution is -0.0824. The average Bonchev–Trinajstić information content (AvgIpc) is 2.68. The number of carbonyl (C=O) groups excluding carboxylic acids is 1. The molecule has 8 heteroatoms. The van der Waals surface area contributed by atoms with Gasteiger partial charge >= 0.3 is 6.03 Å². The molecule has 3 aromatic rings. The smallest absolute Gasteiger partial charge is 0.319 e. The molecule has 2 atom stereocenters. The number of amides is 2. The molecule has 1 aliphatic rings. The predicted molar refractivity (Wildman–Crippen MR) is 112 cm³/mol. The van der Waals surface area contributed by atoms with Gasteiger partial charge in [-0.15, -0.1) is 0 Å². The number of halogens is 3. The zero-order valence-electron chi connectivity index (χ0n) is 16.4. The molecule has 0 saturated carbocycles. The number of urea groups is 1. The van der Waals surface area contributed by atoms with Crippen molar-refractivity contribution in [3.63, 3.8) is 0 Å². The molecule has 2 amide bonds. The first kappa shape index (κ1) is 20.3. The number of benzene rings is 2. The molecule has 156 valence electrons. The van der Waals surface area contributed by atoms with Crippen molar-refractivity contribution in [1.82, 2.24) is 10.3 Å². The molecule has 0 radical (unpaired) electrons. The van der Waals surface area contributed by atoms with E-state index < -0.39 is 24.1 Å². The molecule has 0 bridgehead atoms. The Morgan fingerprint density at radius 3 is 2.87 bits per heavy atom. The van der Waals surface area contributed by atoms with Crippen LogP contribution in [0.2, 0.25) is 5.02 Å². The average molecular weight is 432 g/mol. The fourth-order valence-corrected chi connectivity index (χ4v) is 3.82. The minimum absolute atomic E-state index is 0.0781. The molecule has 5 nitrogen and oxygen atoms in total. The van der Waals surface area contributed by atoms with Gasteiger partial charge in [0.25, 0.3) is 6.43 Å². The highest BCUT2D eigenvalue weighted by atomic mass is 35.5. The summed E-state index contributed by atoms with van der Waals surface area (Å²) in [7, 11) is 0. The topological polar surface area (TPSA) is 63.2 Å². The minimum atomic E-state index is -2.73. The van der Waals surface area contributed by atoms with Crippen molar-refractivity contribution in [2.24, 2.45) is 0 Å². The third-order valence-corrected chi connectivity index (χ3v) is 5.45. The van der Waals surface area contributed by atoms with E-state index in [2.05, 4.69) is 15.6 Å². The second-order valence-electron chi connectivity index (χ2n) is 7.61. The number of ether oxygens (including phenoxy) is 1. The van der Waals surface area contributed by atoms with Gasteiger partial charge in [0.15, 0.2) is 5.60 Å². The third-order valence-electron chi connectivity index (χ3n) is 5.22. The number of aryl methyl sites for hydroxylation is 1. The fraction of sp³-hybridized carbons (Fsp3) is 0.273. The van der Waals surface area contributed by atoms with Crippen LogP contribution in [0.3, 0.4) is 0 Å². The normalized spacial score (nSPS) is 20.5. The lowest BCUT2D eigenvalue weighted by Crippen LogP contribution is -2.48. The standard InChI is InChI=1S/C22H20ClF2N3O2/c1-12-8-16-13(11-26-12)4-3-5-17(16)27-21(29)28-18-10-22(2,20(24)25)30-19-9-14(23)6-7-15(18)19/h3-9,11,18,20H,10H2,1-2H3,(H2,27,28,29)/t18-,22-/m1/s1. The third kappa shape index (κ3) is 3.89. The van der Waals surface area contributed by atoms with Crippen LogP contribution in [-0.2, 0) is 0 Å². The number of carbonyl (C=O) groups is 1. The van der Waals surface area contributed by atoms with Gasteiger partial charge in [0, 0.05) is 39.7 Å². The van der Waals surface area contributed by atoms with E-state index in [0.29, 0.717) is 16.3 Å². The van der Waals surface area contributed by atoms with E-state index in [0.717, 1.165) is 16.5 Å². The molecule has 2 N–H and O–H groups in total. The second kappa shape index (κ2) is 7.72. The SMILES string of the molecule is Cc1cc2c(NC(=O)N[C@@H]3C[C@](C)(C(F)F)Oc4cc(Cl)ccc43)cccc2cn1. The molecule has 1 aliphatic heterocycles. The number of hydrogen-bond donors (Lipinski definition) is 2. The number of nitrogens with zero attached hydrogens (tertiary/aromatic N) is 1. The molecule has 0 fully saturated rings. The summed E-state index contributed by atoms with van der Waals surface area (Å²) >= 11 is 6.01. The summed E-state index contributed by atoms with van der Waals surface area (Å²) in [6.07, 6.45) is -1.07. The number of fused-ring (bicyclic) bond motifs is 2. The minimum Gasteiger partial charge on any atom is -0.481 e. The van der Waals surface area contributed by atoms with Gasteiger partial charge in [-0.3, -0.25) is 4.98 Å². The van der Waals surface area contributed by atoms with E-state index >= 15 is 0 Å². The zero-order valence-corrected chi connectivity index (χ0v) is 17.1. The number of nitrogens with one attached hydrogen (secondary N) is 2. The van der Waals surface area contributed by atoms with Crippen LogP contribution in [0, 0.1) is 6.92 Å². The van der Waals surface area contributed by atoms with Crippen molar-refractivity contribution < 1.29 is 18.3 Å². The molecule has 4 rings (SSSR count). The van der Waals surface area contributed by atoms with Crippen LogP contribution in [0.25, 0.3) is 10.8 Å². The van der Waals surface area contributed by atoms with E-state index in [1.165, 1.54) is 13.0 Å². The van der Waals surface area contributed by atoms with Crippen molar-refractivity contribution in [2.75, 3.05) is 5.32 Å². The summed E-state index contributed by atoms with van der Waals surface area (Å²) in [5.74, 6) is 0.244. The molecule has 30 heavy (non-hydrogen) atoms. The first-order valence-corrected chi connectivity index (χ1v) is 9.82. The van der Waals surface area contributed by atoms with E-state index in [1.807, 2.05) is 25.1 Å². The molecular weight excluding hydrogens is 412 g/mol. The Hall–Kier alpha value is -2.93. The van der Waals surface area contributed by atoms with Gasteiger partial charge in [0.2, 0.25) is 0 Å². The van der Waals surface area contributed by atoms with Gasteiger partial charge in [0.05, 0.1) is 11.7 Å². The van der Waals surface area contributed by atoms with Gasteiger partial charge in [-0.05, 0) is 38.1 Å². The lowest BCUT2D eigenvalue weighted by atomic mass is 9.88. The lowest BCUT2D eigenvalue weighted by Gasteiger charge is -2.39. The Bertz CT molecular complexity index is 1120. The Labute approximate surface area is 177 Å². The van der Waals surface area contributed by atoms with Gasteiger partial charge in [0.1, 0.15) is 5.75 Å². The first-order chi connectivity index (χ1) is 14.2. The van der Waals surface area contributed by atoms with Crippen molar-refractivity contribution in [1.29, 1.82) is 0 Å². The molecule has 2 aromatic carbocycles. The van der Waals surface area contributed by atoms with Crippen LogP contribution < -0.4 is 15.4 Å². The maximum absolute atomic E-state index is 13.7. The summed E-state index contributed by atoms with van der Waals surface area (Å²) in [5, 5.41) is 7.74. The summed E-state index contributed by atoms with van der Waals surface area (Å²) in [6, 6.07) is 11.0. The summed E-state index contributed by atoms with van der Waals surface area (Å²) in [6.45, 7) is 3.19. The van der Waals surface area contributed by atoms with E-state index in [4.69, 9.17) is 16.3 Å². The van der Waals surface area contributed by atoms with Crippen LogP contribution in [0.5, 0.6) is 5.75 Å². The first-order valence-electron chi connectivity index (χ1n) is 9.45. The van der Waals surface area contributed by atoms with Crippen LogP contribution >= 0.6 is 11.6 Å². The Kier molecular flexibility index (Phi) is 5.24. The second-order valence-corrected chi connectivity index (χ2v) is 8.04. The van der Waals surface area contributed by atoms with Gasteiger partial charge in [-0.2, -0.15) is 0 Å². The van der Waals surface area contributed by atoms with Crippen LogP contribution in [0.15, 0.2) is 48.7 Å². The summed E-state index contributed by atoms with van der Waals surface area (Å²) in [4.78, 5) is 17.0. The number of anilines is 1. The molecular formula is C22H20ClF2N3O2. The quantitative estimate of drug-likeness (QED) is 0.545. The Morgan fingerprint density at radius 1 is 1.30 bits per heavy atom. The van der Waals surface area contributed by atoms with Crippen LogP contribution in [0.1, 0.15) is 30.6 Å². The van der Waals surface area contributed by atoms with E-state index in [-0.39, 0.29) is 12.2 Å². The number of aromatic nitrogens is 1. The van der Waals surface area contributed by atoms with Crippen LogP contribution in [0.4, 0.5) is 19.3 Å². The summed E-state index contributed by atoms with van der Waals surface area (Å²) in [5.41, 5.74) is 0.291. The van der Waals surface area contributed by atoms with Crippen molar-refractivity contribution in [3.8, 4) is 5.75 Å². The highest BCUT2D eigenvalue weighted by Crippen LogP contribution is 2.43. The van der Waals surface area contributed by atoms with Gasteiger partial charge < -0.3 is 15.4 Å². The molecule has 0 spiro atoms. The van der Waals surface area contributed by atoms with Crippen molar-refractivity contribution in [3.05, 3.63) is 64.9 Å². The number of hydrogen-bond acceptors (Lipinski definition) is 3. The molecule has 0 unspecified atom stereocenters. The number of alkyl halides is 2. The van der Waals surface area contributed by atoms with Crippen LogP contribution in [-0.4, -0.2) is 23.0 Å².